The van der Waals surface area contributed by atoms with Crippen molar-refractivity contribution in [2.45, 2.75) is 19.3 Å². The molecule has 0 aliphatic carbocycles. The molecular formula is C11H16IN. The molecule has 1 nitrogen and oxygen atoms in total. The van der Waals surface area contributed by atoms with Crippen molar-refractivity contribution in [1.29, 1.82) is 0 Å². The van der Waals surface area contributed by atoms with Crippen LogP contribution < -0.4 is 5.32 Å². The van der Waals surface area contributed by atoms with Crippen molar-refractivity contribution in [3.8, 4) is 0 Å². The van der Waals surface area contributed by atoms with Gasteiger partial charge in [-0.05, 0) is 30.0 Å². The van der Waals surface area contributed by atoms with Gasteiger partial charge in [-0.3, -0.25) is 0 Å². The molecule has 0 spiro atoms. The smallest absolute Gasteiger partial charge is 0.00177 e. The maximum absolute atomic E-state index is 3.44. The molecule has 2 rings (SSSR count). The molecule has 1 aromatic rings. The highest BCUT2D eigenvalue weighted by Gasteiger charge is 2.12. The fourth-order valence-corrected chi connectivity index (χ4v) is 1.89. The molecule has 0 saturated carbocycles. The van der Waals surface area contributed by atoms with Crippen LogP contribution in [-0.4, -0.2) is 13.1 Å². The van der Waals surface area contributed by atoms with Gasteiger partial charge in [-0.2, -0.15) is 0 Å². The average molecular weight is 289 g/mol. The molecule has 0 fully saturated rings. The lowest BCUT2D eigenvalue weighted by Crippen LogP contribution is -2.18. The summed E-state index contributed by atoms with van der Waals surface area (Å²) < 4.78 is 0. The van der Waals surface area contributed by atoms with Crippen LogP contribution in [0.25, 0.3) is 0 Å². The average Bonchev–Trinajstić information content (AvgIpc) is 2.29. The molecule has 2 heteroatoms. The highest BCUT2D eigenvalue weighted by Crippen LogP contribution is 2.21. The number of hydrogen-bond donors (Lipinski definition) is 1. The fourth-order valence-electron chi connectivity index (χ4n) is 1.89. The van der Waals surface area contributed by atoms with E-state index in [1.165, 1.54) is 17.5 Å². The Morgan fingerprint density at radius 2 is 2.08 bits per heavy atom. The van der Waals surface area contributed by atoms with E-state index in [1.54, 1.807) is 0 Å². The first-order valence-electron chi connectivity index (χ1n) is 4.66. The lowest BCUT2D eigenvalue weighted by atomic mass is 9.96. The van der Waals surface area contributed by atoms with Gasteiger partial charge in [-0.15, -0.1) is 24.0 Å². The summed E-state index contributed by atoms with van der Waals surface area (Å²) in [6, 6.07) is 8.78. The Hall–Kier alpha value is -0.0900. The summed E-state index contributed by atoms with van der Waals surface area (Å²) in [5.41, 5.74) is 3.05. The number of halogens is 1. The molecule has 1 aliphatic rings. The highest BCUT2D eigenvalue weighted by atomic mass is 127. The van der Waals surface area contributed by atoms with Crippen LogP contribution in [0.5, 0.6) is 0 Å². The Kier molecular flexibility index (Phi) is 4.19. The first-order chi connectivity index (χ1) is 5.88. The summed E-state index contributed by atoms with van der Waals surface area (Å²) in [6.45, 7) is 4.54. The van der Waals surface area contributed by atoms with E-state index in [0.717, 1.165) is 13.1 Å². The van der Waals surface area contributed by atoms with E-state index in [0.29, 0.717) is 5.92 Å². The Morgan fingerprint density at radius 1 is 1.31 bits per heavy atom. The van der Waals surface area contributed by atoms with Gasteiger partial charge in [0.05, 0.1) is 0 Å². The van der Waals surface area contributed by atoms with Crippen LogP contribution in [0.1, 0.15) is 24.0 Å². The van der Waals surface area contributed by atoms with Crippen LogP contribution in [-0.2, 0) is 6.42 Å². The van der Waals surface area contributed by atoms with E-state index in [1.807, 2.05) is 0 Å². The highest BCUT2D eigenvalue weighted by molar-refractivity contribution is 14.0. The third-order valence-electron chi connectivity index (χ3n) is 2.61. The van der Waals surface area contributed by atoms with Crippen molar-refractivity contribution in [2.75, 3.05) is 13.1 Å². The lowest BCUT2D eigenvalue weighted by molar-refractivity contribution is 0.644. The van der Waals surface area contributed by atoms with Gasteiger partial charge in [0, 0.05) is 6.54 Å². The number of fused-ring (bicyclic) bond motifs is 1. The van der Waals surface area contributed by atoms with Crippen LogP contribution >= 0.6 is 24.0 Å². The van der Waals surface area contributed by atoms with E-state index < -0.39 is 0 Å². The topological polar surface area (TPSA) is 12.0 Å². The van der Waals surface area contributed by atoms with E-state index in [9.17, 15) is 0 Å². The first-order valence-corrected chi connectivity index (χ1v) is 4.66. The number of benzene rings is 1. The predicted molar refractivity (Wildman–Crippen MR) is 66.8 cm³/mol. The van der Waals surface area contributed by atoms with E-state index in [4.69, 9.17) is 0 Å². The quantitative estimate of drug-likeness (QED) is 0.724. The van der Waals surface area contributed by atoms with E-state index in [-0.39, 0.29) is 24.0 Å². The summed E-state index contributed by atoms with van der Waals surface area (Å²) in [5, 5.41) is 3.44. The first kappa shape index (κ1) is 11.0. The largest absolute Gasteiger partial charge is 0.316 e. The van der Waals surface area contributed by atoms with Gasteiger partial charge in [-0.25, -0.2) is 0 Å². The zero-order valence-corrected chi connectivity index (χ0v) is 10.2. The molecule has 1 atom stereocenters. The van der Waals surface area contributed by atoms with Gasteiger partial charge >= 0.3 is 0 Å². The molecule has 1 aromatic carbocycles. The molecule has 0 aromatic heterocycles. The minimum absolute atomic E-state index is 0. The third kappa shape index (κ3) is 2.44. The summed E-state index contributed by atoms with van der Waals surface area (Å²) in [4.78, 5) is 0. The second-order valence-corrected chi connectivity index (χ2v) is 3.55. The summed E-state index contributed by atoms with van der Waals surface area (Å²) >= 11 is 0. The normalized spacial score (nSPS) is 21.2. The fraction of sp³-hybridized carbons (Fsp3) is 0.455. The molecule has 0 saturated heterocycles. The lowest BCUT2D eigenvalue weighted by Gasteiger charge is -2.10. The Balaban J connectivity index is 0.000000845. The summed E-state index contributed by atoms with van der Waals surface area (Å²) in [6.07, 6.45) is 1.18. The SMILES string of the molecule is CC1CNCCc2ccccc21.I. The standard InChI is InChI=1S/C11H15N.HI/c1-9-8-12-7-6-10-4-2-3-5-11(9)10;/h2-5,9,12H,6-8H2,1H3;1H. The van der Waals surface area contributed by atoms with Crippen LogP contribution in [0.4, 0.5) is 0 Å². The van der Waals surface area contributed by atoms with Crippen LogP contribution in [0.2, 0.25) is 0 Å². The minimum Gasteiger partial charge on any atom is -0.316 e. The zero-order valence-electron chi connectivity index (χ0n) is 7.92. The summed E-state index contributed by atoms with van der Waals surface area (Å²) in [5.74, 6) is 0.670. The van der Waals surface area contributed by atoms with Gasteiger partial charge in [-0.1, -0.05) is 31.2 Å². The van der Waals surface area contributed by atoms with Crippen LogP contribution in [0.3, 0.4) is 0 Å². The van der Waals surface area contributed by atoms with Crippen molar-refractivity contribution >= 4 is 24.0 Å². The second-order valence-electron chi connectivity index (χ2n) is 3.55. The Bertz CT molecular complexity index is 273. The molecule has 72 valence electrons. The Morgan fingerprint density at radius 3 is 2.92 bits per heavy atom. The maximum atomic E-state index is 3.44. The molecule has 13 heavy (non-hydrogen) atoms. The minimum atomic E-state index is 0. The van der Waals surface area contributed by atoms with Crippen LogP contribution in [0.15, 0.2) is 24.3 Å². The van der Waals surface area contributed by atoms with Crippen molar-refractivity contribution < 1.29 is 0 Å². The molecule has 1 heterocycles. The van der Waals surface area contributed by atoms with Crippen molar-refractivity contribution in [3.63, 3.8) is 0 Å². The van der Waals surface area contributed by atoms with Gasteiger partial charge in [0.15, 0.2) is 0 Å². The van der Waals surface area contributed by atoms with Crippen molar-refractivity contribution in [3.05, 3.63) is 35.4 Å². The van der Waals surface area contributed by atoms with Crippen molar-refractivity contribution in [1.82, 2.24) is 5.32 Å². The van der Waals surface area contributed by atoms with Crippen LogP contribution in [0, 0.1) is 0 Å². The Labute approximate surface area is 96.9 Å². The molecule has 0 radical (unpaired) electrons. The number of hydrogen-bond acceptors (Lipinski definition) is 1. The van der Waals surface area contributed by atoms with Gasteiger partial charge in [0.1, 0.15) is 0 Å². The molecule has 1 N–H and O–H groups in total. The predicted octanol–water partition coefficient (Wildman–Crippen LogP) is 2.55. The molecule has 1 unspecified atom stereocenters. The molecule has 1 aliphatic heterocycles. The monoisotopic (exact) mass is 289 g/mol. The van der Waals surface area contributed by atoms with E-state index >= 15 is 0 Å². The van der Waals surface area contributed by atoms with E-state index in [2.05, 4.69) is 36.5 Å². The number of rotatable bonds is 0. The van der Waals surface area contributed by atoms with Gasteiger partial charge in [0.2, 0.25) is 0 Å². The zero-order chi connectivity index (χ0) is 8.39. The molecular weight excluding hydrogens is 273 g/mol. The van der Waals surface area contributed by atoms with Crippen molar-refractivity contribution in [2.24, 2.45) is 0 Å². The molecule has 0 bridgehead atoms. The number of nitrogens with one attached hydrogen (secondary N) is 1. The van der Waals surface area contributed by atoms with Gasteiger partial charge < -0.3 is 5.32 Å². The molecule has 0 amide bonds. The second kappa shape index (κ2) is 4.96. The third-order valence-corrected chi connectivity index (χ3v) is 2.61. The summed E-state index contributed by atoms with van der Waals surface area (Å²) in [7, 11) is 0. The maximum Gasteiger partial charge on any atom is 0.00177 e. The van der Waals surface area contributed by atoms with Gasteiger partial charge in [0.25, 0.3) is 0 Å².